The third-order valence-corrected chi connectivity index (χ3v) is 3.45. The van der Waals surface area contributed by atoms with Gasteiger partial charge in [-0.05, 0) is 32.4 Å². The summed E-state index contributed by atoms with van der Waals surface area (Å²) in [6.07, 6.45) is 2.38. The molecule has 0 aliphatic carbocycles. The van der Waals surface area contributed by atoms with Crippen molar-refractivity contribution in [2.24, 2.45) is 5.41 Å². The lowest BCUT2D eigenvalue weighted by molar-refractivity contribution is -0.136. The summed E-state index contributed by atoms with van der Waals surface area (Å²) in [6, 6.07) is 0. The van der Waals surface area contributed by atoms with Gasteiger partial charge in [0.2, 0.25) is 5.91 Å². The third kappa shape index (κ3) is 5.44. The first-order valence-electron chi connectivity index (χ1n) is 6.92. The molecule has 0 aromatic rings. The van der Waals surface area contributed by atoms with E-state index in [0.29, 0.717) is 26.4 Å². The second-order valence-corrected chi connectivity index (χ2v) is 4.91. The molecule has 6 nitrogen and oxygen atoms in total. The molecule has 3 N–H and O–H groups in total. The van der Waals surface area contributed by atoms with E-state index in [-0.39, 0.29) is 17.9 Å². The molecule has 0 saturated carbocycles. The summed E-state index contributed by atoms with van der Waals surface area (Å²) in [7, 11) is 1.64. The minimum Gasteiger partial charge on any atom is -0.394 e. The number of amides is 1. The molecule has 0 aromatic heterocycles. The number of carbonyl (C=O) groups is 1. The third-order valence-electron chi connectivity index (χ3n) is 3.45. The molecule has 0 radical (unpaired) electrons. The Morgan fingerprint density at radius 3 is 2.74 bits per heavy atom. The largest absolute Gasteiger partial charge is 0.394 e. The minimum absolute atomic E-state index is 0.0380. The number of carbonyl (C=O) groups excluding carboxylic acids is 1. The van der Waals surface area contributed by atoms with Crippen molar-refractivity contribution < 1.29 is 19.4 Å². The average Bonchev–Trinajstić information content (AvgIpc) is 2.44. The Hall–Kier alpha value is -0.690. The molecule has 0 unspecified atom stereocenters. The van der Waals surface area contributed by atoms with Gasteiger partial charge in [-0.15, -0.1) is 0 Å². The molecule has 6 heteroatoms. The Kier molecular flexibility index (Phi) is 7.97. The van der Waals surface area contributed by atoms with Gasteiger partial charge in [0.1, 0.15) is 0 Å². The maximum Gasteiger partial charge on any atom is 0.228 e. The zero-order valence-electron chi connectivity index (χ0n) is 11.7. The van der Waals surface area contributed by atoms with Crippen molar-refractivity contribution in [3.8, 4) is 0 Å². The first-order chi connectivity index (χ1) is 9.25. The van der Waals surface area contributed by atoms with Crippen LogP contribution in [0.5, 0.6) is 0 Å². The lowest BCUT2D eigenvalue weighted by Gasteiger charge is -2.35. The number of nitrogens with one attached hydrogen (secondary N) is 2. The van der Waals surface area contributed by atoms with Crippen LogP contribution in [0.25, 0.3) is 0 Å². The molecule has 1 saturated heterocycles. The smallest absolute Gasteiger partial charge is 0.228 e. The van der Waals surface area contributed by atoms with Crippen LogP contribution >= 0.6 is 0 Å². The van der Waals surface area contributed by atoms with Crippen LogP contribution in [0.3, 0.4) is 0 Å². The molecule has 0 atom stereocenters. The fourth-order valence-electron chi connectivity index (χ4n) is 2.35. The van der Waals surface area contributed by atoms with Crippen LogP contribution in [0.2, 0.25) is 0 Å². The van der Waals surface area contributed by atoms with E-state index in [2.05, 4.69) is 10.6 Å². The van der Waals surface area contributed by atoms with E-state index >= 15 is 0 Å². The lowest BCUT2D eigenvalue weighted by Crippen LogP contribution is -2.50. The second-order valence-electron chi connectivity index (χ2n) is 4.91. The van der Waals surface area contributed by atoms with E-state index in [1.54, 1.807) is 7.11 Å². The van der Waals surface area contributed by atoms with Crippen LogP contribution in [0.1, 0.15) is 19.3 Å². The van der Waals surface area contributed by atoms with Crippen molar-refractivity contribution in [3.63, 3.8) is 0 Å². The van der Waals surface area contributed by atoms with Gasteiger partial charge in [-0.25, -0.2) is 0 Å². The van der Waals surface area contributed by atoms with E-state index in [1.165, 1.54) is 0 Å². The van der Waals surface area contributed by atoms with Crippen LogP contribution in [-0.2, 0) is 14.3 Å². The van der Waals surface area contributed by atoms with Crippen molar-refractivity contribution in [2.45, 2.75) is 19.3 Å². The van der Waals surface area contributed by atoms with Crippen molar-refractivity contribution in [2.75, 3.05) is 53.2 Å². The van der Waals surface area contributed by atoms with Gasteiger partial charge in [0.25, 0.3) is 0 Å². The summed E-state index contributed by atoms with van der Waals surface area (Å²) in [5, 5.41) is 14.8. The van der Waals surface area contributed by atoms with Gasteiger partial charge in [-0.2, -0.15) is 0 Å². The predicted octanol–water partition coefficient (Wildman–Crippen LogP) is -0.482. The van der Waals surface area contributed by atoms with Crippen LogP contribution in [0.15, 0.2) is 0 Å². The number of hydrogen-bond donors (Lipinski definition) is 3. The standard InChI is InChI=1S/C13H26N2O4/c1-18-11-13(3-6-14-7-4-13)12(17)15-5-2-9-19-10-8-16/h14,16H,2-11H2,1H3,(H,15,17). The Bertz CT molecular complexity index is 250. The van der Waals surface area contributed by atoms with Gasteiger partial charge in [-0.3, -0.25) is 4.79 Å². The summed E-state index contributed by atoms with van der Waals surface area (Å²) in [4.78, 5) is 12.3. The zero-order valence-corrected chi connectivity index (χ0v) is 11.7. The normalized spacial score (nSPS) is 18.2. The maximum absolute atomic E-state index is 12.3. The highest BCUT2D eigenvalue weighted by Crippen LogP contribution is 2.29. The molecule has 1 fully saturated rings. The molecule has 1 rings (SSSR count). The molecular formula is C13H26N2O4. The summed E-state index contributed by atoms with van der Waals surface area (Å²) in [6.45, 7) is 3.74. The van der Waals surface area contributed by atoms with E-state index in [0.717, 1.165) is 32.4 Å². The molecule has 0 aromatic carbocycles. The number of piperidine rings is 1. The number of ether oxygens (including phenoxy) is 2. The SMILES string of the molecule is COCC1(C(=O)NCCCOCCO)CCNCC1. The molecule has 1 amide bonds. The van der Waals surface area contributed by atoms with Crippen molar-refractivity contribution in [3.05, 3.63) is 0 Å². The molecule has 0 bridgehead atoms. The number of aliphatic hydroxyl groups excluding tert-OH is 1. The second kappa shape index (κ2) is 9.25. The number of aliphatic hydroxyl groups is 1. The Morgan fingerprint density at radius 2 is 2.11 bits per heavy atom. The van der Waals surface area contributed by atoms with E-state index in [1.807, 2.05) is 0 Å². The van der Waals surface area contributed by atoms with Gasteiger partial charge in [-0.1, -0.05) is 0 Å². The molecule has 1 heterocycles. The molecule has 0 spiro atoms. The van der Waals surface area contributed by atoms with Crippen molar-refractivity contribution in [1.29, 1.82) is 0 Å². The van der Waals surface area contributed by atoms with E-state index < -0.39 is 0 Å². The minimum atomic E-state index is -0.383. The first kappa shape index (κ1) is 16.4. The number of rotatable bonds is 9. The summed E-state index contributed by atoms with van der Waals surface area (Å²) in [5.41, 5.74) is -0.383. The van der Waals surface area contributed by atoms with Gasteiger partial charge >= 0.3 is 0 Å². The predicted molar refractivity (Wildman–Crippen MR) is 71.9 cm³/mol. The van der Waals surface area contributed by atoms with Crippen LogP contribution in [0.4, 0.5) is 0 Å². The quantitative estimate of drug-likeness (QED) is 0.495. The van der Waals surface area contributed by atoms with Gasteiger partial charge in [0.15, 0.2) is 0 Å². The van der Waals surface area contributed by atoms with Crippen LogP contribution < -0.4 is 10.6 Å². The molecule has 1 aliphatic heterocycles. The lowest BCUT2D eigenvalue weighted by atomic mass is 9.78. The molecular weight excluding hydrogens is 248 g/mol. The number of methoxy groups -OCH3 is 1. The fourth-order valence-corrected chi connectivity index (χ4v) is 2.35. The van der Waals surface area contributed by atoms with Gasteiger partial charge in [0, 0.05) is 20.3 Å². The fraction of sp³-hybridized carbons (Fsp3) is 0.923. The monoisotopic (exact) mass is 274 g/mol. The summed E-state index contributed by atoms with van der Waals surface area (Å²) >= 11 is 0. The van der Waals surface area contributed by atoms with Crippen molar-refractivity contribution in [1.82, 2.24) is 10.6 Å². The van der Waals surface area contributed by atoms with E-state index in [9.17, 15) is 4.79 Å². The van der Waals surface area contributed by atoms with E-state index in [4.69, 9.17) is 14.6 Å². The first-order valence-corrected chi connectivity index (χ1v) is 6.92. The summed E-state index contributed by atoms with van der Waals surface area (Å²) in [5.74, 6) is 0.0815. The molecule has 112 valence electrons. The Morgan fingerprint density at radius 1 is 1.37 bits per heavy atom. The zero-order chi connectivity index (χ0) is 14.0. The number of hydrogen-bond acceptors (Lipinski definition) is 5. The Labute approximate surface area is 114 Å². The topological polar surface area (TPSA) is 79.8 Å². The van der Waals surface area contributed by atoms with Crippen LogP contribution in [-0.4, -0.2) is 64.2 Å². The highest BCUT2D eigenvalue weighted by Gasteiger charge is 2.39. The highest BCUT2D eigenvalue weighted by molar-refractivity contribution is 5.82. The highest BCUT2D eigenvalue weighted by atomic mass is 16.5. The Balaban J connectivity index is 2.28. The molecule has 19 heavy (non-hydrogen) atoms. The van der Waals surface area contributed by atoms with Crippen molar-refractivity contribution >= 4 is 5.91 Å². The van der Waals surface area contributed by atoms with Crippen LogP contribution in [0, 0.1) is 5.41 Å². The van der Waals surface area contributed by atoms with Gasteiger partial charge < -0.3 is 25.2 Å². The summed E-state index contributed by atoms with van der Waals surface area (Å²) < 4.78 is 10.4. The van der Waals surface area contributed by atoms with Gasteiger partial charge in [0.05, 0.1) is 25.2 Å². The average molecular weight is 274 g/mol. The molecule has 1 aliphatic rings. The maximum atomic E-state index is 12.3.